The highest BCUT2D eigenvalue weighted by atomic mass is 35.5. The van der Waals surface area contributed by atoms with Gasteiger partial charge in [0.2, 0.25) is 0 Å². The number of hydrogen-bond acceptors (Lipinski definition) is 3. The third-order valence-corrected chi connectivity index (χ3v) is 2.49. The van der Waals surface area contributed by atoms with Crippen molar-refractivity contribution in [3.05, 3.63) is 23.4 Å². The molecule has 0 saturated heterocycles. The minimum atomic E-state index is 0.304. The van der Waals surface area contributed by atoms with Gasteiger partial charge in [0, 0.05) is 18.8 Å². The molecule has 0 bridgehead atoms. The van der Waals surface area contributed by atoms with Gasteiger partial charge in [0.05, 0.1) is 5.02 Å². The molecular weight excluding hydrogens is 210 g/mol. The molecule has 0 fully saturated rings. The lowest BCUT2D eigenvalue weighted by atomic mass is 10.1. The second kappa shape index (κ2) is 6.64. The summed E-state index contributed by atoms with van der Waals surface area (Å²) >= 11 is 5.75. The molecule has 0 radical (unpaired) electrons. The minimum Gasteiger partial charge on any atom is -0.366 e. The van der Waals surface area contributed by atoms with Gasteiger partial charge in [-0.2, -0.15) is 0 Å². The molecule has 3 N–H and O–H groups in total. The number of rotatable bonds is 6. The second-order valence-corrected chi connectivity index (χ2v) is 4.02. The van der Waals surface area contributed by atoms with E-state index >= 15 is 0 Å². The monoisotopic (exact) mass is 227 g/mol. The van der Waals surface area contributed by atoms with Crippen molar-refractivity contribution in [2.75, 3.05) is 11.9 Å². The van der Waals surface area contributed by atoms with Crippen molar-refractivity contribution < 1.29 is 0 Å². The first-order chi connectivity index (χ1) is 7.26. The predicted octanol–water partition coefficient (Wildman–Crippen LogP) is 2.66. The summed E-state index contributed by atoms with van der Waals surface area (Å²) in [6.45, 7) is 2.80. The quantitative estimate of drug-likeness (QED) is 0.786. The van der Waals surface area contributed by atoms with E-state index in [9.17, 15) is 0 Å². The molecule has 0 aromatic carbocycles. The molecule has 1 aromatic heterocycles. The topological polar surface area (TPSA) is 50.9 Å². The van der Waals surface area contributed by atoms with Gasteiger partial charge in [-0.25, -0.2) is 4.98 Å². The van der Waals surface area contributed by atoms with Gasteiger partial charge in [0.25, 0.3) is 0 Å². The third-order valence-electron chi connectivity index (χ3n) is 2.27. The number of aromatic nitrogens is 1. The Labute approximate surface area is 96.0 Å². The van der Waals surface area contributed by atoms with Gasteiger partial charge < -0.3 is 11.1 Å². The van der Waals surface area contributed by atoms with E-state index in [1.807, 2.05) is 12.1 Å². The number of nitrogens with two attached hydrogens (primary N) is 1. The Bertz CT molecular complexity index is 274. The molecule has 0 saturated carbocycles. The molecule has 0 aliphatic rings. The Morgan fingerprint density at radius 2 is 2.33 bits per heavy atom. The highest BCUT2D eigenvalue weighted by Crippen LogP contribution is 2.12. The standard InChI is InChI=1S/C11H18ClN3/c1-2-3-4-10(7-13)15-11-6-5-9(12)8-14-11/h5-6,8,10H,2-4,7,13H2,1H3,(H,14,15). The molecule has 84 valence electrons. The summed E-state index contributed by atoms with van der Waals surface area (Å²) in [5.41, 5.74) is 5.67. The van der Waals surface area contributed by atoms with Crippen LogP contribution in [0.5, 0.6) is 0 Å². The third kappa shape index (κ3) is 4.49. The van der Waals surface area contributed by atoms with Gasteiger partial charge in [-0.3, -0.25) is 0 Å². The molecule has 3 nitrogen and oxygen atoms in total. The SMILES string of the molecule is CCCCC(CN)Nc1ccc(Cl)cn1. The van der Waals surface area contributed by atoms with Crippen molar-refractivity contribution in [2.24, 2.45) is 5.73 Å². The zero-order valence-electron chi connectivity index (χ0n) is 9.04. The molecule has 1 unspecified atom stereocenters. The van der Waals surface area contributed by atoms with Crippen LogP contribution >= 0.6 is 11.6 Å². The fourth-order valence-corrected chi connectivity index (χ4v) is 1.48. The number of unbranched alkanes of at least 4 members (excludes halogenated alkanes) is 1. The fourth-order valence-electron chi connectivity index (χ4n) is 1.37. The van der Waals surface area contributed by atoms with E-state index in [-0.39, 0.29) is 0 Å². The molecule has 1 aromatic rings. The normalized spacial score (nSPS) is 12.5. The van der Waals surface area contributed by atoms with Crippen molar-refractivity contribution in [3.8, 4) is 0 Å². The Hall–Kier alpha value is -0.800. The van der Waals surface area contributed by atoms with Crippen LogP contribution in [-0.4, -0.2) is 17.6 Å². The van der Waals surface area contributed by atoms with Crippen molar-refractivity contribution in [3.63, 3.8) is 0 Å². The zero-order chi connectivity index (χ0) is 11.1. The lowest BCUT2D eigenvalue weighted by molar-refractivity contribution is 0.612. The van der Waals surface area contributed by atoms with Gasteiger partial charge in [-0.05, 0) is 18.6 Å². The number of nitrogens with one attached hydrogen (secondary N) is 1. The zero-order valence-corrected chi connectivity index (χ0v) is 9.80. The summed E-state index contributed by atoms with van der Waals surface area (Å²) in [6, 6.07) is 4.00. The van der Waals surface area contributed by atoms with Gasteiger partial charge in [0.1, 0.15) is 5.82 Å². The van der Waals surface area contributed by atoms with E-state index in [0.29, 0.717) is 17.6 Å². The van der Waals surface area contributed by atoms with E-state index in [4.69, 9.17) is 17.3 Å². The Kier molecular flexibility index (Phi) is 5.43. The number of hydrogen-bond donors (Lipinski definition) is 2. The molecule has 15 heavy (non-hydrogen) atoms. The minimum absolute atomic E-state index is 0.304. The fraction of sp³-hybridized carbons (Fsp3) is 0.545. The molecule has 1 rings (SSSR count). The molecular formula is C11H18ClN3. The molecule has 0 aliphatic carbocycles. The van der Waals surface area contributed by atoms with Crippen LogP contribution in [0.2, 0.25) is 5.02 Å². The second-order valence-electron chi connectivity index (χ2n) is 3.58. The van der Waals surface area contributed by atoms with Crippen LogP contribution in [0.1, 0.15) is 26.2 Å². The summed E-state index contributed by atoms with van der Waals surface area (Å²) in [7, 11) is 0. The van der Waals surface area contributed by atoms with Crippen molar-refractivity contribution in [1.82, 2.24) is 4.98 Å². The number of pyridine rings is 1. The largest absolute Gasteiger partial charge is 0.366 e. The molecule has 0 amide bonds. The first-order valence-corrected chi connectivity index (χ1v) is 5.72. The maximum atomic E-state index is 5.75. The van der Waals surface area contributed by atoms with Crippen LogP contribution < -0.4 is 11.1 Å². The van der Waals surface area contributed by atoms with Gasteiger partial charge in [-0.15, -0.1) is 0 Å². The maximum Gasteiger partial charge on any atom is 0.126 e. The Morgan fingerprint density at radius 3 is 2.87 bits per heavy atom. The van der Waals surface area contributed by atoms with E-state index in [1.54, 1.807) is 6.20 Å². The van der Waals surface area contributed by atoms with E-state index in [0.717, 1.165) is 12.2 Å². The highest BCUT2D eigenvalue weighted by molar-refractivity contribution is 6.30. The van der Waals surface area contributed by atoms with Crippen molar-refractivity contribution >= 4 is 17.4 Å². The maximum absolute atomic E-state index is 5.75. The predicted molar refractivity (Wildman–Crippen MR) is 65.2 cm³/mol. The number of anilines is 1. The van der Waals surface area contributed by atoms with Crippen molar-refractivity contribution in [2.45, 2.75) is 32.2 Å². The van der Waals surface area contributed by atoms with E-state index in [1.165, 1.54) is 12.8 Å². The molecule has 4 heteroatoms. The van der Waals surface area contributed by atoms with Gasteiger partial charge >= 0.3 is 0 Å². The van der Waals surface area contributed by atoms with Crippen LogP contribution in [0.3, 0.4) is 0 Å². The van der Waals surface area contributed by atoms with Crippen molar-refractivity contribution in [1.29, 1.82) is 0 Å². The summed E-state index contributed by atoms with van der Waals surface area (Å²) in [6.07, 6.45) is 5.09. The molecule has 1 heterocycles. The lowest BCUT2D eigenvalue weighted by Crippen LogP contribution is -2.29. The Morgan fingerprint density at radius 1 is 1.53 bits per heavy atom. The average molecular weight is 228 g/mol. The summed E-state index contributed by atoms with van der Waals surface area (Å²) in [4.78, 5) is 4.18. The molecule has 0 spiro atoms. The summed E-state index contributed by atoms with van der Waals surface area (Å²) in [5, 5.41) is 3.95. The van der Waals surface area contributed by atoms with Crippen LogP contribution in [0, 0.1) is 0 Å². The van der Waals surface area contributed by atoms with Crippen LogP contribution in [0.25, 0.3) is 0 Å². The first-order valence-electron chi connectivity index (χ1n) is 5.34. The lowest BCUT2D eigenvalue weighted by Gasteiger charge is -2.16. The van der Waals surface area contributed by atoms with Gasteiger partial charge in [0.15, 0.2) is 0 Å². The van der Waals surface area contributed by atoms with E-state index < -0.39 is 0 Å². The highest BCUT2D eigenvalue weighted by Gasteiger charge is 2.05. The molecule has 1 atom stereocenters. The summed E-state index contributed by atoms with van der Waals surface area (Å²) in [5.74, 6) is 0.839. The smallest absolute Gasteiger partial charge is 0.126 e. The van der Waals surface area contributed by atoms with Gasteiger partial charge in [-0.1, -0.05) is 31.4 Å². The van der Waals surface area contributed by atoms with Crippen LogP contribution in [0.4, 0.5) is 5.82 Å². The Balaban J connectivity index is 2.47. The number of halogens is 1. The number of nitrogens with zero attached hydrogens (tertiary/aromatic N) is 1. The summed E-state index contributed by atoms with van der Waals surface area (Å²) < 4.78 is 0. The van der Waals surface area contributed by atoms with Crippen LogP contribution in [0.15, 0.2) is 18.3 Å². The van der Waals surface area contributed by atoms with Crippen LogP contribution in [-0.2, 0) is 0 Å². The van der Waals surface area contributed by atoms with E-state index in [2.05, 4.69) is 17.2 Å². The average Bonchev–Trinajstić information content (AvgIpc) is 2.27. The first kappa shape index (κ1) is 12.3. The molecule has 0 aliphatic heterocycles.